The van der Waals surface area contributed by atoms with E-state index in [1.54, 1.807) is 17.0 Å². The smallest absolute Gasteiger partial charge is 0.410 e. The third kappa shape index (κ3) is 6.15. The van der Waals surface area contributed by atoms with E-state index in [2.05, 4.69) is 5.32 Å². The predicted molar refractivity (Wildman–Crippen MR) is 103 cm³/mol. The summed E-state index contributed by atoms with van der Waals surface area (Å²) < 4.78 is 11.1. The lowest BCUT2D eigenvalue weighted by Gasteiger charge is -2.33. The van der Waals surface area contributed by atoms with E-state index in [0.717, 1.165) is 25.2 Å². The van der Waals surface area contributed by atoms with Gasteiger partial charge in [0.2, 0.25) is 0 Å². The molecule has 27 heavy (non-hydrogen) atoms. The van der Waals surface area contributed by atoms with Crippen LogP contribution in [0.4, 0.5) is 4.79 Å². The first-order valence-electron chi connectivity index (χ1n) is 9.82. The zero-order valence-electron chi connectivity index (χ0n) is 16.5. The molecule has 1 heterocycles. The second-order valence-corrected chi connectivity index (χ2v) is 8.49. The average molecular weight is 374 g/mol. The van der Waals surface area contributed by atoms with Gasteiger partial charge in [0.15, 0.2) is 0 Å². The third-order valence-electron chi connectivity index (χ3n) is 4.78. The standard InChI is InChI=1S/C21H30N2O4/c1-21(2,3)27-20(25)23-12-10-17(11-13-23)22-19(24)16-6-8-18(9-7-16)26-14-15-4-5-15/h6-9,15,17H,4-5,10-14H2,1-3H3,(H,22,24). The highest BCUT2D eigenvalue weighted by Gasteiger charge is 2.27. The van der Waals surface area contributed by atoms with Crippen LogP contribution in [-0.2, 0) is 4.74 Å². The molecule has 6 nitrogen and oxygen atoms in total. The fraction of sp³-hybridized carbons (Fsp3) is 0.619. The number of carbonyl (C=O) groups excluding carboxylic acids is 2. The molecule has 2 amide bonds. The Morgan fingerprint density at radius 1 is 1.07 bits per heavy atom. The molecule has 0 bridgehead atoms. The number of nitrogens with one attached hydrogen (secondary N) is 1. The van der Waals surface area contributed by atoms with Crippen molar-refractivity contribution in [2.24, 2.45) is 5.92 Å². The van der Waals surface area contributed by atoms with E-state index in [0.29, 0.717) is 24.6 Å². The summed E-state index contributed by atoms with van der Waals surface area (Å²) in [4.78, 5) is 26.3. The largest absolute Gasteiger partial charge is 0.493 e. The zero-order valence-corrected chi connectivity index (χ0v) is 16.5. The number of carbonyl (C=O) groups is 2. The number of likely N-dealkylation sites (tertiary alicyclic amines) is 1. The molecule has 0 aromatic heterocycles. The minimum Gasteiger partial charge on any atom is -0.493 e. The molecule has 0 unspecified atom stereocenters. The SMILES string of the molecule is CC(C)(C)OC(=O)N1CCC(NC(=O)c2ccc(OCC3CC3)cc2)CC1. The molecule has 1 N–H and O–H groups in total. The van der Waals surface area contributed by atoms with Gasteiger partial charge in [-0.2, -0.15) is 0 Å². The van der Waals surface area contributed by atoms with Gasteiger partial charge in [0, 0.05) is 24.7 Å². The Morgan fingerprint density at radius 2 is 1.70 bits per heavy atom. The van der Waals surface area contributed by atoms with Crippen LogP contribution in [0.15, 0.2) is 24.3 Å². The first kappa shape index (κ1) is 19.5. The quantitative estimate of drug-likeness (QED) is 0.855. The molecule has 148 valence electrons. The second-order valence-electron chi connectivity index (χ2n) is 8.49. The molecule has 1 aliphatic carbocycles. The van der Waals surface area contributed by atoms with Gasteiger partial charge < -0.3 is 19.7 Å². The molecule has 0 spiro atoms. The maximum atomic E-state index is 12.4. The minimum absolute atomic E-state index is 0.0713. The molecule has 1 aromatic rings. The van der Waals surface area contributed by atoms with E-state index in [9.17, 15) is 9.59 Å². The van der Waals surface area contributed by atoms with Crippen LogP contribution in [-0.4, -0.2) is 48.2 Å². The number of hydrogen-bond donors (Lipinski definition) is 1. The summed E-state index contributed by atoms with van der Waals surface area (Å²) in [7, 11) is 0. The number of benzene rings is 1. The number of piperidine rings is 1. The van der Waals surface area contributed by atoms with E-state index in [-0.39, 0.29) is 18.0 Å². The van der Waals surface area contributed by atoms with Gasteiger partial charge in [-0.25, -0.2) is 4.79 Å². The summed E-state index contributed by atoms with van der Waals surface area (Å²) >= 11 is 0. The molecule has 6 heteroatoms. The van der Waals surface area contributed by atoms with Gasteiger partial charge in [0.1, 0.15) is 11.4 Å². The minimum atomic E-state index is -0.489. The summed E-state index contributed by atoms with van der Waals surface area (Å²) in [5.74, 6) is 1.43. The Labute approximate surface area is 161 Å². The molecule has 1 aliphatic heterocycles. The topological polar surface area (TPSA) is 67.9 Å². The van der Waals surface area contributed by atoms with Gasteiger partial charge in [-0.1, -0.05) is 0 Å². The highest BCUT2D eigenvalue weighted by Crippen LogP contribution is 2.29. The Balaban J connectivity index is 1.42. The third-order valence-corrected chi connectivity index (χ3v) is 4.78. The van der Waals surface area contributed by atoms with Gasteiger partial charge in [0.05, 0.1) is 6.61 Å². The van der Waals surface area contributed by atoms with Crippen LogP contribution in [0.1, 0.15) is 56.8 Å². The molecule has 1 aromatic carbocycles. The second kappa shape index (κ2) is 8.19. The van der Waals surface area contributed by atoms with Crippen molar-refractivity contribution < 1.29 is 19.1 Å². The Hall–Kier alpha value is -2.24. The van der Waals surface area contributed by atoms with E-state index in [4.69, 9.17) is 9.47 Å². The van der Waals surface area contributed by atoms with Crippen LogP contribution in [0.25, 0.3) is 0 Å². The zero-order chi connectivity index (χ0) is 19.4. The number of rotatable bonds is 5. The maximum Gasteiger partial charge on any atom is 0.410 e. The summed E-state index contributed by atoms with van der Waals surface area (Å²) in [5.41, 5.74) is 0.139. The summed E-state index contributed by atoms with van der Waals surface area (Å²) in [6, 6.07) is 7.37. The monoisotopic (exact) mass is 374 g/mol. The van der Waals surface area contributed by atoms with Crippen molar-refractivity contribution >= 4 is 12.0 Å². The number of amides is 2. The van der Waals surface area contributed by atoms with Crippen LogP contribution in [0, 0.1) is 5.92 Å². The number of hydrogen-bond acceptors (Lipinski definition) is 4. The first-order valence-corrected chi connectivity index (χ1v) is 9.82. The lowest BCUT2D eigenvalue weighted by molar-refractivity contribution is 0.0199. The van der Waals surface area contributed by atoms with Crippen molar-refractivity contribution in [3.8, 4) is 5.75 Å². The highest BCUT2D eigenvalue weighted by molar-refractivity contribution is 5.94. The van der Waals surface area contributed by atoms with Crippen molar-refractivity contribution in [2.75, 3.05) is 19.7 Å². The molecule has 2 aliphatic rings. The number of nitrogens with zero attached hydrogens (tertiary/aromatic N) is 1. The molecular formula is C21H30N2O4. The van der Waals surface area contributed by atoms with Gasteiger partial charge >= 0.3 is 6.09 Å². The van der Waals surface area contributed by atoms with Crippen LogP contribution in [0.3, 0.4) is 0 Å². The van der Waals surface area contributed by atoms with Crippen molar-refractivity contribution in [2.45, 2.75) is 58.1 Å². The normalized spacial score (nSPS) is 18.1. The Morgan fingerprint density at radius 3 is 2.26 bits per heavy atom. The van der Waals surface area contributed by atoms with Crippen LogP contribution >= 0.6 is 0 Å². The molecule has 0 atom stereocenters. The van der Waals surface area contributed by atoms with E-state index in [1.807, 2.05) is 32.9 Å². The van der Waals surface area contributed by atoms with Crippen molar-refractivity contribution in [3.05, 3.63) is 29.8 Å². The average Bonchev–Trinajstić information content (AvgIpc) is 3.44. The number of ether oxygens (including phenoxy) is 2. The molecule has 1 saturated heterocycles. The van der Waals surface area contributed by atoms with Gasteiger partial charge in [-0.05, 0) is 76.6 Å². The van der Waals surface area contributed by atoms with E-state index >= 15 is 0 Å². The Kier molecular flexibility index (Phi) is 5.92. The summed E-state index contributed by atoms with van der Waals surface area (Å²) in [5, 5.41) is 3.06. The molecule has 0 radical (unpaired) electrons. The van der Waals surface area contributed by atoms with E-state index in [1.165, 1.54) is 12.8 Å². The van der Waals surface area contributed by atoms with Gasteiger partial charge in [-0.3, -0.25) is 4.79 Å². The van der Waals surface area contributed by atoms with Gasteiger partial charge in [0.25, 0.3) is 5.91 Å². The van der Waals surface area contributed by atoms with Crippen LogP contribution in [0.2, 0.25) is 0 Å². The van der Waals surface area contributed by atoms with Crippen molar-refractivity contribution in [1.29, 1.82) is 0 Å². The molecule has 1 saturated carbocycles. The van der Waals surface area contributed by atoms with Crippen molar-refractivity contribution in [1.82, 2.24) is 10.2 Å². The van der Waals surface area contributed by atoms with Crippen molar-refractivity contribution in [3.63, 3.8) is 0 Å². The predicted octanol–water partition coefficient (Wildman–Crippen LogP) is 3.60. The maximum absolute atomic E-state index is 12.4. The summed E-state index contributed by atoms with van der Waals surface area (Å²) in [6.07, 6.45) is 3.69. The van der Waals surface area contributed by atoms with E-state index < -0.39 is 5.60 Å². The fourth-order valence-electron chi connectivity index (χ4n) is 3.00. The first-order chi connectivity index (χ1) is 12.8. The van der Waals surface area contributed by atoms with Crippen LogP contribution < -0.4 is 10.1 Å². The highest BCUT2D eigenvalue weighted by atomic mass is 16.6. The van der Waals surface area contributed by atoms with Crippen LogP contribution in [0.5, 0.6) is 5.75 Å². The molecule has 2 fully saturated rings. The molecule has 3 rings (SSSR count). The lowest BCUT2D eigenvalue weighted by Crippen LogP contribution is -2.47. The lowest BCUT2D eigenvalue weighted by atomic mass is 10.0. The molecular weight excluding hydrogens is 344 g/mol. The fourth-order valence-corrected chi connectivity index (χ4v) is 3.00. The summed E-state index contributed by atoms with van der Waals surface area (Å²) in [6.45, 7) is 7.53. The Bertz CT molecular complexity index is 654. The van der Waals surface area contributed by atoms with Gasteiger partial charge in [-0.15, -0.1) is 0 Å².